The predicted octanol–water partition coefficient (Wildman–Crippen LogP) is 5.11. The average Bonchev–Trinajstić information content (AvgIpc) is 3.02. The lowest BCUT2D eigenvalue weighted by molar-refractivity contribution is 0.0447. The number of rotatable bonds is 0. The highest BCUT2D eigenvalue weighted by Crippen LogP contribution is 2.48. The molecule has 0 amide bonds. The van der Waals surface area contributed by atoms with Gasteiger partial charge in [0.1, 0.15) is 6.61 Å². The molecule has 0 saturated heterocycles. The molecule has 2 aliphatic rings. The molecule has 0 N–H and O–H groups in total. The summed E-state index contributed by atoms with van der Waals surface area (Å²) < 4.78 is 7.75. The molecule has 2 aromatic carbocycles. The fourth-order valence-corrected chi connectivity index (χ4v) is 3.38. The maximum Gasteiger partial charge on any atom is 0.341 e. The standard InChI is InChI=1S/C8H2Cl4O2.C8H6O2/c9-4-2-1-3-5(6(4)10)8(11,12)14-7(3)13;9-8-7-4-2-1-3-6(7)5-10-8/h1-2H;1-4H,5H2. The van der Waals surface area contributed by atoms with Crippen molar-refractivity contribution < 1.29 is 19.1 Å². The minimum atomic E-state index is -1.74. The monoisotopic (exact) mass is 404 g/mol. The largest absolute Gasteiger partial charge is 0.457 e. The van der Waals surface area contributed by atoms with E-state index in [0.717, 1.165) is 5.56 Å². The Morgan fingerprint density at radius 1 is 0.917 bits per heavy atom. The smallest absolute Gasteiger partial charge is 0.341 e. The maximum atomic E-state index is 11.3. The predicted molar refractivity (Wildman–Crippen MR) is 90.8 cm³/mol. The molecule has 0 fully saturated rings. The van der Waals surface area contributed by atoms with Crippen molar-refractivity contribution in [3.63, 3.8) is 0 Å². The number of cyclic esters (lactones) is 2. The number of fused-ring (bicyclic) bond motifs is 2. The second-order valence-corrected chi connectivity index (χ2v) is 6.97. The normalized spacial score (nSPS) is 16.5. The number of hydrogen-bond donors (Lipinski definition) is 0. The van der Waals surface area contributed by atoms with E-state index in [1.807, 2.05) is 18.2 Å². The van der Waals surface area contributed by atoms with Crippen LogP contribution in [-0.4, -0.2) is 11.9 Å². The first-order valence-electron chi connectivity index (χ1n) is 6.66. The van der Waals surface area contributed by atoms with Gasteiger partial charge in [-0.05, 0) is 18.2 Å². The van der Waals surface area contributed by atoms with Gasteiger partial charge in [-0.3, -0.25) is 0 Å². The average molecular weight is 406 g/mol. The van der Waals surface area contributed by atoms with Crippen LogP contribution in [0, 0.1) is 0 Å². The minimum absolute atomic E-state index is 0.139. The Morgan fingerprint density at radius 2 is 1.62 bits per heavy atom. The lowest BCUT2D eigenvalue weighted by atomic mass is 10.1. The molecule has 0 aliphatic carbocycles. The summed E-state index contributed by atoms with van der Waals surface area (Å²) >= 11 is 23.1. The van der Waals surface area contributed by atoms with E-state index in [9.17, 15) is 9.59 Å². The minimum Gasteiger partial charge on any atom is -0.457 e. The molecule has 4 rings (SSSR count). The van der Waals surface area contributed by atoms with Crippen LogP contribution in [0.25, 0.3) is 0 Å². The van der Waals surface area contributed by atoms with Crippen LogP contribution in [0.1, 0.15) is 31.8 Å². The highest BCUT2D eigenvalue weighted by atomic mass is 35.5. The summed E-state index contributed by atoms with van der Waals surface area (Å²) in [4.78, 5) is 22.1. The zero-order chi connectivity index (χ0) is 17.5. The third-order valence-corrected chi connectivity index (χ3v) is 4.76. The maximum absolute atomic E-state index is 11.3. The molecular formula is C16H8Cl4O4. The van der Waals surface area contributed by atoms with E-state index < -0.39 is 10.5 Å². The molecule has 24 heavy (non-hydrogen) atoms. The molecular weight excluding hydrogens is 398 g/mol. The molecule has 0 aromatic heterocycles. The number of halogens is 4. The zero-order valence-electron chi connectivity index (χ0n) is 11.8. The summed E-state index contributed by atoms with van der Waals surface area (Å²) in [6.07, 6.45) is 0. The van der Waals surface area contributed by atoms with Crippen LogP contribution < -0.4 is 0 Å². The van der Waals surface area contributed by atoms with Crippen LogP contribution in [-0.2, 0) is 20.6 Å². The Kier molecular flexibility index (Phi) is 4.67. The second kappa shape index (κ2) is 6.45. The fraction of sp³-hybridized carbons (Fsp3) is 0.125. The quantitative estimate of drug-likeness (QED) is 0.451. The first-order valence-corrected chi connectivity index (χ1v) is 8.17. The van der Waals surface area contributed by atoms with Gasteiger partial charge in [0.05, 0.1) is 26.7 Å². The summed E-state index contributed by atoms with van der Waals surface area (Å²) in [5.41, 5.74) is 2.15. The number of benzene rings is 2. The zero-order valence-corrected chi connectivity index (χ0v) is 14.8. The van der Waals surface area contributed by atoms with Crippen LogP contribution in [0.4, 0.5) is 0 Å². The summed E-state index contributed by atoms with van der Waals surface area (Å²) in [5.74, 6) is -0.806. The molecule has 0 bridgehead atoms. The van der Waals surface area contributed by atoms with Gasteiger partial charge in [-0.15, -0.1) is 0 Å². The number of alkyl halides is 2. The highest BCUT2D eigenvalue weighted by molar-refractivity contribution is 6.51. The highest BCUT2D eigenvalue weighted by Gasteiger charge is 2.45. The Bertz CT molecular complexity index is 848. The van der Waals surface area contributed by atoms with Crippen molar-refractivity contribution in [3.8, 4) is 0 Å². The molecule has 4 nitrogen and oxygen atoms in total. The second-order valence-electron chi connectivity index (χ2n) is 4.92. The molecule has 0 saturated carbocycles. The van der Waals surface area contributed by atoms with Gasteiger partial charge in [-0.25, -0.2) is 9.59 Å². The van der Waals surface area contributed by atoms with Crippen molar-refractivity contribution in [1.29, 1.82) is 0 Å². The van der Waals surface area contributed by atoms with Crippen LogP contribution in [0.2, 0.25) is 10.0 Å². The molecule has 0 unspecified atom stereocenters. The summed E-state index contributed by atoms with van der Waals surface area (Å²) in [7, 11) is 0. The lowest BCUT2D eigenvalue weighted by Crippen LogP contribution is -2.09. The van der Waals surface area contributed by atoms with Crippen molar-refractivity contribution in [2.75, 3.05) is 0 Å². The first-order chi connectivity index (χ1) is 11.3. The van der Waals surface area contributed by atoms with Crippen molar-refractivity contribution >= 4 is 58.3 Å². The topological polar surface area (TPSA) is 52.6 Å². The van der Waals surface area contributed by atoms with Crippen molar-refractivity contribution in [2.24, 2.45) is 0 Å². The number of carbonyl (C=O) groups is 2. The van der Waals surface area contributed by atoms with E-state index in [2.05, 4.69) is 0 Å². The Hall–Kier alpha value is -1.46. The molecule has 0 spiro atoms. The van der Waals surface area contributed by atoms with E-state index in [0.29, 0.717) is 12.2 Å². The van der Waals surface area contributed by atoms with Gasteiger partial charge in [0, 0.05) is 5.56 Å². The number of ether oxygens (including phenoxy) is 2. The number of esters is 2. The Labute approximate surface area is 157 Å². The van der Waals surface area contributed by atoms with Crippen LogP contribution >= 0.6 is 46.4 Å². The van der Waals surface area contributed by atoms with E-state index >= 15 is 0 Å². The summed E-state index contributed by atoms with van der Waals surface area (Å²) in [5, 5.41) is 0.411. The van der Waals surface area contributed by atoms with Gasteiger partial charge in [0.2, 0.25) is 0 Å². The summed E-state index contributed by atoms with van der Waals surface area (Å²) in [6, 6.07) is 10.4. The Morgan fingerprint density at radius 3 is 2.33 bits per heavy atom. The van der Waals surface area contributed by atoms with Crippen molar-refractivity contribution in [1.82, 2.24) is 0 Å². The van der Waals surface area contributed by atoms with E-state index in [4.69, 9.17) is 55.9 Å². The number of carbonyl (C=O) groups excluding carboxylic acids is 2. The molecule has 8 heteroatoms. The van der Waals surface area contributed by atoms with Gasteiger partial charge in [0.15, 0.2) is 0 Å². The number of hydrogen-bond acceptors (Lipinski definition) is 4. The van der Waals surface area contributed by atoms with Crippen LogP contribution in [0.3, 0.4) is 0 Å². The van der Waals surface area contributed by atoms with Gasteiger partial charge in [-0.2, -0.15) is 0 Å². The van der Waals surface area contributed by atoms with Gasteiger partial charge >= 0.3 is 11.9 Å². The summed E-state index contributed by atoms with van der Waals surface area (Å²) in [6.45, 7) is 0.439. The van der Waals surface area contributed by atoms with Crippen molar-refractivity contribution in [3.05, 3.63) is 68.7 Å². The van der Waals surface area contributed by atoms with Crippen molar-refractivity contribution in [2.45, 2.75) is 11.1 Å². The van der Waals surface area contributed by atoms with E-state index in [1.54, 1.807) is 6.07 Å². The van der Waals surface area contributed by atoms with Crippen LogP contribution in [0.5, 0.6) is 0 Å². The molecule has 2 aromatic rings. The third kappa shape index (κ3) is 3.07. The molecule has 0 atom stereocenters. The first kappa shape index (κ1) is 17.4. The molecule has 0 radical (unpaired) electrons. The molecule has 124 valence electrons. The van der Waals surface area contributed by atoms with Gasteiger partial charge in [0.25, 0.3) is 4.52 Å². The Balaban J connectivity index is 0.000000149. The molecule has 2 heterocycles. The van der Waals surface area contributed by atoms with E-state index in [-0.39, 0.29) is 27.1 Å². The lowest BCUT2D eigenvalue weighted by Gasteiger charge is -2.13. The van der Waals surface area contributed by atoms with Gasteiger partial charge in [-0.1, -0.05) is 64.6 Å². The molecule has 2 aliphatic heterocycles. The van der Waals surface area contributed by atoms with Gasteiger partial charge < -0.3 is 9.47 Å². The van der Waals surface area contributed by atoms with E-state index in [1.165, 1.54) is 12.1 Å². The third-order valence-electron chi connectivity index (χ3n) is 3.42. The van der Waals surface area contributed by atoms with Crippen LogP contribution in [0.15, 0.2) is 36.4 Å². The SMILES string of the molecule is O=C1OC(Cl)(Cl)c2c1ccc(Cl)c2Cl.O=C1OCc2ccccc21. The fourth-order valence-electron chi connectivity index (χ4n) is 2.29.